The first kappa shape index (κ1) is 12.5. The highest BCUT2D eigenvalue weighted by Crippen LogP contribution is 2.31. The number of nitrogens with zero attached hydrogens (tertiary/aromatic N) is 2. The maximum Gasteiger partial charge on any atom is 0.435 e. The first-order valence-electron chi connectivity index (χ1n) is 5.30. The molecule has 3 nitrogen and oxygen atoms in total. The summed E-state index contributed by atoms with van der Waals surface area (Å²) in [5.74, 6) is -0.0280. The second-order valence-corrected chi connectivity index (χ2v) is 4.10. The van der Waals surface area contributed by atoms with Gasteiger partial charge in [-0.25, -0.2) is 4.68 Å². The minimum atomic E-state index is -4.49. The Bertz CT molecular complexity index is 564. The molecule has 1 aromatic heterocycles. The Morgan fingerprint density at radius 1 is 1.17 bits per heavy atom. The summed E-state index contributed by atoms with van der Waals surface area (Å²) in [5.41, 5.74) is 6.85. The van der Waals surface area contributed by atoms with Gasteiger partial charge in [0.15, 0.2) is 5.69 Å². The summed E-state index contributed by atoms with van der Waals surface area (Å²) in [6, 6.07) is 6.28. The van der Waals surface area contributed by atoms with Gasteiger partial charge in [0.2, 0.25) is 0 Å². The lowest BCUT2D eigenvalue weighted by molar-refractivity contribution is -0.141. The summed E-state index contributed by atoms with van der Waals surface area (Å²) in [7, 11) is 0. The molecule has 0 aliphatic rings. The molecular formula is C12H12F3N3. The summed E-state index contributed by atoms with van der Waals surface area (Å²) in [4.78, 5) is 0. The number of hydrogen-bond acceptors (Lipinski definition) is 2. The zero-order chi connectivity index (χ0) is 13.5. The number of aromatic nitrogens is 2. The highest BCUT2D eigenvalue weighted by molar-refractivity contribution is 5.52. The van der Waals surface area contributed by atoms with Crippen LogP contribution in [0.5, 0.6) is 0 Å². The highest BCUT2D eigenvalue weighted by atomic mass is 19.4. The Balaban J connectivity index is 2.62. The summed E-state index contributed by atoms with van der Waals surface area (Å²) < 4.78 is 38.8. The van der Waals surface area contributed by atoms with Gasteiger partial charge in [0.05, 0.1) is 5.69 Å². The minimum Gasteiger partial charge on any atom is -0.384 e. The van der Waals surface area contributed by atoms with Gasteiger partial charge in [-0.05, 0) is 25.0 Å². The van der Waals surface area contributed by atoms with Crippen LogP contribution in [0.15, 0.2) is 24.3 Å². The molecule has 18 heavy (non-hydrogen) atoms. The third kappa shape index (κ3) is 2.05. The van der Waals surface area contributed by atoms with Crippen LogP contribution in [0.4, 0.5) is 19.0 Å². The molecule has 2 aromatic rings. The summed E-state index contributed by atoms with van der Waals surface area (Å²) in [6.45, 7) is 3.60. The number of nitrogens with two attached hydrogens (primary N) is 1. The van der Waals surface area contributed by atoms with Crippen molar-refractivity contribution in [2.24, 2.45) is 0 Å². The van der Waals surface area contributed by atoms with Crippen molar-refractivity contribution in [2.45, 2.75) is 20.0 Å². The molecule has 2 rings (SSSR count). The molecule has 0 saturated heterocycles. The zero-order valence-corrected chi connectivity index (χ0v) is 9.92. The standard InChI is InChI=1S/C12H12F3N3/c1-7-4-3-5-8(2)11(7)18-10(16)6-9(17-18)12(13,14)15/h3-6H,16H2,1-2H3. The van der Waals surface area contributed by atoms with E-state index in [2.05, 4.69) is 5.10 Å². The van der Waals surface area contributed by atoms with Crippen molar-refractivity contribution in [3.63, 3.8) is 0 Å². The Kier molecular flexibility index (Phi) is 2.80. The van der Waals surface area contributed by atoms with Crippen molar-refractivity contribution in [3.8, 4) is 5.69 Å². The topological polar surface area (TPSA) is 43.8 Å². The molecule has 96 valence electrons. The molecule has 0 radical (unpaired) electrons. The molecule has 1 aromatic carbocycles. The largest absolute Gasteiger partial charge is 0.435 e. The van der Waals surface area contributed by atoms with Gasteiger partial charge in [0.1, 0.15) is 5.82 Å². The number of hydrogen-bond donors (Lipinski definition) is 1. The van der Waals surface area contributed by atoms with Crippen LogP contribution in [0.25, 0.3) is 5.69 Å². The number of para-hydroxylation sites is 1. The van der Waals surface area contributed by atoms with Crippen molar-refractivity contribution in [2.75, 3.05) is 5.73 Å². The third-order valence-electron chi connectivity index (χ3n) is 2.68. The third-order valence-corrected chi connectivity index (χ3v) is 2.68. The normalized spacial score (nSPS) is 11.8. The molecule has 0 fully saturated rings. The smallest absolute Gasteiger partial charge is 0.384 e. The van der Waals surface area contributed by atoms with Crippen LogP contribution in [-0.2, 0) is 6.18 Å². The Labute approximate surface area is 102 Å². The van der Waals surface area contributed by atoms with Crippen LogP contribution in [0.1, 0.15) is 16.8 Å². The average molecular weight is 255 g/mol. The number of alkyl halides is 3. The predicted octanol–water partition coefficient (Wildman–Crippen LogP) is 3.09. The number of aryl methyl sites for hydroxylation is 2. The van der Waals surface area contributed by atoms with Gasteiger partial charge >= 0.3 is 6.18 Å². The van der Waals surface area contributed by atoms with Crippen molar-refractivity contribution in [1.82, 2.24) is 9.78 Å². The fraction of sp³-hybridized carbons (Fsp3) is 0.250. The summed E-state index contributed by atoms with van der Waals surface area (Å²) >= 11 is 0. The molecule has 1 heterocycles. The van der Waals surface area contributed by atoms with Gasteiger partial charge in [-0.2, -0.15) is 18.3 Å². The Hall–Kier alpha value is -1.98. The van der Waals surface area contributed by atoms with Crippen molar-refractivity contribution in [1.29, 1.82) is 0 Å². The van der Waals surface area contributed by atoms with Crippen molar-refractivity contribution >= 4 is 5.82 Å². The number of halogens is 3. The molecule has 0 aliphatic carbocycles. The zero-order valence-electron chi connectivity index (χ0n) is 9.92. The molecule has 0 unspecified atom stereocenters. The lowest BCUT2D eigenvalue weighted by atomic mass is 10.1. The Morgan fingerprint density at radius 2 is 1.72 bits per heavy atom. The minimum absolute atomic E-state index is 0.0280. The SMILES string of the molecule is Cc1cccc(C)c1-n1nc(C(F)(F)F)cc1N. The molecular weight excluding hydrogens is 243 g/mol. The van der Waals surface area contributed by atoms with E-state index in [1.807, 2.05) is 6.07 Å². The maximum absolute atomic E-state index is 12.6. The molecule has 0 spiro atoms. The fourth-order valence-corrected chi connectivity index (χ4v) is 1.85. The number of nitrogen functional groups attached to an aromatic ring is 1. The van der Waals surface area contributed by atoms with E-state index >= 15 is 0 Å². The predicted molar refractivity (Wildman–Crippen MR) is 62.5 cm³/mol. The first-order valence-corrected chi connectivity index (χ1v) is 5.30. The lowest BCUT2D eigenvalue weighted by Crippen LogP contribution is -2.09. The molecule has 6 heteroatoms. The summed E-state index contributed by atoms with van der Waals surface area (Å²) in [5, 5.41) is 3.54. The van der Waals surface area contributed by atoms with E-state index in [1.165, 1.54) is 0 Å². The van der Waals surface area contributed by atoms with Crippen molar-refractivity contribution < 1.29 is 13.2 Å². The maximum atomic E-state index is 12.6. The number of benzene rings is 1. The molecule has 0 amide bonds. The second kappa shape index (κ2) is 4.04. The van der Waals surface area contributed by atoms with Gasteiger partial charge in [0, 0.05) is 6.07 Å². The van der Waals surface area contributed by atoms with Crippen LogP contribution in [0, 0.1) is 13.8 Å². The average Bonchev–Trinajstić information content (AvgIpc) is 2.60. The summed E-state index contributed by atoms with van der Waals surface area (Å²) in [6.07, 6.45) is -4.49. The van der Waals surface area contributed by atoms with Crippen LogP contribution in [0.3, 0.4) is 0 Å². The van der Waals surface area contributed by atoms with Gasteiger partial charge in [-0.3, -0.25) is 0 Å². The second-order valence-electron chi connectivity index (χ2n) is 4.10. The van der Waals surface area contributed by atoms with Gasteiger partial charge < -0.3 is 5.73 Å². The molecule has 0 bridgehead atoms. The highest BCUT2D eigenvalue weighted by Gasteiger charge is 2.35. The quantitative estimate of drug-likeness (QED) is 0.851. The lowest BCUT2D eigenvalue weighted by Gasteiger charge is -2.11. The van der Waals surface area contributed by atoms with Gasteiger partial charge in [-0.15, -0.1) is 0 Å². The molecule has 0 saturated carbocycles. The number of anilines is 1. The van der Waals surface area contributed by atoms with E-state index in [1.54, 1.807) is 26.0 Å². The van der Waals surface area contributed by atoms with E-state index in [-0.39, 0.29) is 5.82 Å². The van der Waals surface area contributed by atoms with Gasteiger partial charge in [0.25, 0.3) is 0 Å². The van der Waals surface area contributed by atoms with Gasteiger partial charge in [-0.1, -0.05) is 18.2 Å². The fourth-order valence-electron chi connectivity index (χ4n) is 1.85. The van der Waals surface area contributed by atoms with Crippen LogP contribution in [-0.4, -0.2) is 9.78 Å². The van der Waals surface area contributed by atoms with E-state index in [0.29, 0.717) is 5.69 Å². The Morgan fingerprint density at radius 3 is 2.17 bits per heavy atom. The first-order chi connectivity index (χ1) is 8.30. The van der Waals surface area contributed by atoms with E-state index < -0.39 is 11.9 Å². The monoisotopic (exact) mass is 255 g/mol. The molecule has 0 atom stereocenters. The molecule has 0 aliphatic heterocycles. The van der Waals surface area contributed by atoms with E-state index in [4.69, 9.17) is 5.73 Å². The van der Waals surface area contributed by atoms with Crippen LogP contribution >= 0.6 is 0 Å². The van der Waals surface area contributed by atoms with Crippen LogP contribution in [0.2, 0.25) is 0 Å². The van der Waals surface area contributed by atoms with Crippen LogP contribution < -0.4 is 5.73 Å². The van der Waals surface area contributed by atoms with E-state index in [0.717, 1.165) is 21.9 Å². The van der Waals surface area contributed by atoms with Crippen molar-refractivity contribution in [3.05, 3.63) is 41.1 Å². The number of rotatable bonds is 1. The van der Waals surface area contributed by atoms with E-state index in [9.17, 15) is 13.2 Å². The molecule has 2 N–H and O–H groups in total.